The van der Waals surface area contributed by atoms with Gasteiger partial charge in [-0.1, -0.05) is 18.2 Å². The Morgan fingerprint density at radius 3 is 2.16 bits per heavy atom. The molecule has 0 aliphatic carbocycles. The van der Waals surface area contributed by atoms with Crippen LogP contribution in [0.15, 0.2) is 46.0 Å². The van der Waals surface area contributed by atoms with Crippen LogP contribution in [0.1, 0.15) is 26.3 Å². The number of hydrogen-bond acceptors (Lipinski definition) is 7. The Morgan fingerprint density at radius 1 is 1.08 bits per heavy atom. The second-order valence-corrected chi connectivity index (χ2v) is 14.9. The fraction of sp³-hybridized carbons (Fsp3) is 0.565. The maximum absolute atomic E-state index is 13.3. The lowest BCUT2D eigenvalue weighted by molar-refractivity contribution is -0.258. The number of aliphatic hydroxyl groups is 1. The number of halogens is 3. The van der Waals surface area contributed by atoms with Crippen LogP contribution in [0.2, 0.25) is 0 Å². The first-order valence-corrected chi connectivity index (χ1v) is 15.5. The molecule has 1 aromatic heterocycles. The molecule has 9 nitrogen and oxygen atoms in total. The predicted molar refractivity (Wildman–Crippen MR) is 141 cm³/mol. The number of anilines is 1. The molecule has 0 radical (unpaired) electrons. The van der Waals surface area contributed by atoms with Crippen molar-refractivity contribution in [3.63, 3.8) is 0 Å². The number of thiophene rings is 1. The molecular weight excluding hydrogens is 565 g/mol. The highest BCUT2D eigenvalue weighted by atomic mass is 32.2. The van der Waals surface area contributed by atoms with Crippen molar-refractivity contribution in [2.45, 2.75) is 48.8 Å². The number of rotatable bonds is 9. The van der Waals surface area contributed by atoms with E-state index in [1.54, 1.807) is 30.2 Å². The molecule has 1 aliphatic heterocycles. The van der Waals surface area contributed by atoms with Crippen LogP contribution in [-0.4, -0.2) is 93.4 Å². The van der Waals surface area contributed by atoms with E-state index in [9.17, 15) is 35.1 Å². The Bertz CT molecular complexity index is 1300. The summed E-state index contributed by atoms with van der Waals surface area (Å²) in [6, 6.07) is 7.23. The van der Waals surface area contributed by atoms with Gasteiger partial charge in [0.15, 0.2) is 5.60 Å². The lowest BCUT2D eigenvalue weighted by atomic mass is 9.95. The van der Waals surface area contributed by atoms with Gasteiger partial charge in [-0.2, -0.15) is 34.5 Å². The minimum absolute atomic E-state index is 0.0333. The van der Waals surface area contributed by atoms with Gasteiger partial charge in [0.05, 0.1) is 6.04 Å². The molecule has 214 valence electrons. The lowest BCUT2D eigenvalue weighted by Crippen LogP contribution is -2.60. The zero-order valence-electron chi connectivity index (χ0n) is 21.8. The number of alkyl halides is 3. The molecule has 1 saturated heterocycles. The highest BCUT2D eigenvalue weighted by Gasteiger charge is 2.51. The van der Waals surface area contributed by atoms with Gasteiger partial charge in [-0.25, -0.2) is 8.42 Å². The molecule has 0 spiro atoms. The first kappa shape index (κ1) is 30.8. The number of nitrogens with zero attached hydrogens (tertiary/aromatic N) is 4. The van der Waals surface area contributed by atoms with Crippen LogP contribution < -0.4 is 4.90 Å². The molecule has 2 heterocycles. The van der Waals surface area contributed by atoms with Crippen molar-refractivity contribution < 1.29 is 35.1 Å². The Morgan fingerprint density at radius 2 is 1.68 bits per heavy atom. The van der Waals surface area contributed by atoms with Gasteiger partial charge in [-0.15, -0.1) is 11.3 Å². The van der Waals surface area contributed by atoms with Gasteiger partial charge in [0.1, 0.15) is 4.21 Å². The maximum Gasteiger partial charge on any atom is 0.421 e. The topological polar surface area (TPSA) is 101 Å². The Balaban J connectivity index is 2.00. The van der Waals surface area contributed by atoms with Crippen molar-refractivity contribution in [3.05, 3.63) is 47.3 Å². The summed E-state index contributed by atoms with van der Waals surface area (Å²) in [6.45, 7) is 4.28. The van der Waals surface area contributed by atoms with Crippen molar-refractivity contribution in [3.8, 4) is 0 Å². The van der Waals surface area contributed by atoms with Crippen LogP contribution >= 0.6 is 11.3 Å². The monoisotopic (exact) mass is 598 g/mol. The van der Waals surface area contributed by atoms with E-state index in [0.29, 0.717) is 12.6 Å². The molecule has 0 bridgehead atoms. The molecule has 1 aromatic carbocycles. The average molecular weight is 599 g/mol. The lowest BCUT2D eigenvalue weighted by Gasteiger charge is -2.44. The SMILES string of the molecule is CC(C)N(C[C@H]1CN(S(=O)(=O)c2cccs2)CCN1c1ccc([C@@](C)(O)C(F)(F)F)cc1)S(=O)(=O)N(C)C. The smallest absolute Gasteiger partial charge is 0.376 e. The third-order valence-corrected chi connectivity index (χ3v) is 11.9. The van der Waals surface area contributed by atoms with E-state index in [0.717, 1.165) is 15.6 Å². The summed E-state index contributed by atoms with van der Waals surface area (Å²) in [7, 11) is -4.87. The quantitative estimate of drug-likeness (QED) is 0.477. The molecule has 15 heteroatoms. The summed E-state index contributed by atoms with van der Waals surface area (Å²) >= 11 is 1.08. The molecular formula is C23H33F3N4O5S3. The van der Waals surface area contributed by atoms with Crippen molar-refractivity contribution in [2.75, 3.05) is 45.2 Å². The zero-order chi connectivity index (χ0) is 28.7. The Hall–Kier alpha value is -1.75. The molecule has 2 aromatic rings. The van der Waals surface area contributed by atoms with Gasteiger partial charge in [0, 0.05) is 52.0 Å². The maximum atomic E-state index is 13.3. The Labute approximate surface area is 226 Å². The van der Waals surface area contributed by atoms with E-state index in [1.807, 2.05) is 0 Å². The number of hydrogen-bond donors (Lipinski definition) is 1. The van der Waals surface area contributed by atoms with E-state index >= 15 is 0 Å². The fourth-order valence-corrected chi connectivity index (χ4v) is 8.13. The summed E-state index contributed by atoms with van der Waals surface area (Å²) in [5.74, 6) is 0. The molecule has 2 atom stereocenters. The third kappa shape index (κ3) is 6.03. The molecule has 0 saturated carbocycles. The van der Waals surface area contributed by atoms with Crippen molar-refractivity contribution in [1.29, 1.82) is 0 Å². The molecule has 1 N–H and O–H groups in total. The number of benzene rings is 1. The Kier molecular flexibility index (Phi) is 8.93. The number of sulfonamides is 1. The van der Waals surface area contributed by atoms with Crippen LogP contribution in [0.3, 0.4) is 0 Å². The first-order chi connectivity index (χ1) is 17.4. The summed E-state index contributed by atoms with van der Waals surface area (Å²) in [4.78, 5) is 1.80. The molecule has 1 fully saturated rings. The van der Waals surface area contributed by atoms with Gasteiger partial charge in [0.2, 0.25) is 0 Å². The minimum Gasteiger partial charge on any atom is -0.376 e. The summed E-state index contributed by atoms with van der Waals surface area (Å²) in [5.41, 5.74) is -2.91. The van der Waals surface area contributed by atoms with Crippen molar-refractivity contribution in [1.82, 2.24) is 12.9 Å². The van der Waals surface area contributed by atoms with Crippen LogP contribution in [-0.2, 0) is 25.8 Å². The first-order valence-electron chi connectivity index (χ1n) is 11.8. The number of piperazine rings is 1. The molecule has 1 aliphatic rings. The van der Waals surface area contributed by atoms with E-state index in [1.165, 1.54) is 53.0 Å². The van der Waals surface area contributed by atoms with Gasteiger partial charge in [0.25, 0.3) is 20.2 Å². The van der Waals surface area contributed by atoms with Crippen LogP contribution in [0, 0.1) is 0 Å². The van der Waals surface area contributed by atoms with Crippen LogP contribution in [0.25, 0.3) is 0 Å². The van der Waals surface area contributed by atoms with Gasteiger partial charge in [-0.3, -0.25) is 0 Å². The van der Waals surface area contributed by atoms with E-state index in [-0.39, 0.29) is 36.0 Å². The van der Waals surface area contributed by atoms with E-state index in [4.69, 9.17) is 0 Å². The predicted octanol–water partition coefficient (Wildman–Crippen LogP) is 2.91. The van der Waals surface area contributed by atoms with Crippen LogP contribution in [0.5, 0.6) is 0 Å². The highest BCUT2D eigenvalue weighted by Crippen LogP contribution is 2.39. The second kappa shape index (κ2) is 11.0. The van der Waals surface area contributed by atoms with Crippen molar-refractivity contribution >= 4 is 37.3 Å². The van der Waals surface area contributed by atoms with Crippen LogP contribution in [0.4, 0.5) is 18.9 Å². The zero-order valence-corrected chi connectivity index (χ0v) is 24.2. The summed E-state index contributed by atoms with van der Waals surface area (Å²) < 4.78 is 96.4. The summed E-state index contributed by atoms with van der Waals surface area (Å²) in [6.07, 6.45) is -4.88. The molecule has 0 unspecified atom stereocenters. The molecule has 38 heavy (non-hydrogen) atoms. The van der Waals surface area contributed by atoms with E-state index < -0.39 is 44.1 Å². The van der Waals surface area contributed by atoms with Gasteiger partial charge >= 0.3 is 6.18 Å². The molecule has 3 rings (SSSR count). The fourth-order valence-electron chi connectivity index (χ4n) is 4.21. The summed E-state index contributed by atoms with van der Waals surface area (Å²) in [5, 5.41) is 11.7. The largest absolute Gasteiger partial charge is 0.421 e. The average Bonchev–Trinajstić information content (AvgIpc) is 3.37. The third-order valence-electron chi connectivity index (χ3n) is 6.57. The van der Waals surface area contributed by atoms with Gasteiger partial charge < -0.3 is 10.0 Å². The van der Waals surface area contributed by atoms with Gasteiger partial charge in [-0.05, 0) is 49.9 Å². The minimum atomic E-state index is -4.88. The second-order valence-electron chi connectivity index (χ2n) is 9.71. The molecule has 0 amide bonds. The standard InChI is InChI=1S/C23H33F3N4O5S3/c1-17(2)30(38(34,35)27(4)5)16-20-15-28(37(32,33)21-7-6-14-36-21)12-13-29(20)19-10-8-18(9-11-19)22(3,31)23(24,25)26/h6-11,14,17,20,31H,12-13,15-16H2,1-5H3/t20-,22-/m1/s1. The highest BCUT2D eigenvalue weighted by molar-refractivity contribution is 7.91. The normalized spacial score (nSPS) is 19.9. The van der Waals surface area contributed by atoms with E-state index in [2.05, 4.69) is 0 Å². The van der Waals surface area contributed by atoms with Crippen molar-refractivity contribution in [2.24, 2.45) is 0 Å².